The molecule has 2 rings (SSSR count). The zero-order valence-electron chi connectivity index (χ0n) is 15.8. The van der Waals surface area contributed by atoms with Crippen LogP contribution in [-0.4, -0.2) is 40.4 Å². The molecule has 0 fully saturated rings. The Hall–Kier alpha value is -2.87. The summed E-state index contributed by atoms with van der Waals surface area (Å²) >= 11 is 0. The highest BCUT2D eigenvalue weighted by atomic mass is 32.2. The molecule has 2 aromatic carbocycles. The number of hydrazone groups is 1. The van der Waals surface area contributed by atoms with Crippen LogP contribution in [0.3, 0.4) is 0 Å². The lowest BCUT2D eigenvalue weighted by Crippen LogP contribution is -2.39. The normalized spacial score (nSPS) is 11.4. The Morgan fingerprint density at radius 1 is 1.19 bits per heavy atom. The number of para-hydroxylation sites is 1. The average molecular weight is 389 g/mol. The number of hydrogen-bond donors (Lipinski definition) is 1. The van der Waals surface area contributed by atoms with E-state index in [0.717, 1.165) is 21.7 Å². The SMILES string of the molecule is COc1ccccc1/C=N\NC(=O)CN(c1ccc(C)c(C)c1)S(C)(=O)=O. The molecule has 0 bridgehead atoms. The number of anilines is 1. The standard InChI is InChI=1S/C19H23N3O4S/c1-14-9-10-17(11-15(14)2)22(27(4,24)25)13-19(23)21-20-12-16-7-5-6-8-18(16)26-3/h5-12H,13H2,1-4H3,(H,21,23)/b20-12-. The van der Waals surface area contributed by atoms with Gasteiger partial charge in [0, 0.05) is 5.56 Å². The number of ether oxygens (including phenoxy) is 1. The van der Waals surface area contributed by atoms with Gasteiger partial charge in [-0.1, -0.05) is 18.2 Å². The summed E-state index contributed by atoms with van der Waals surface area (Å²) in [6.07, 6.45) is 2.51. The zero-order chi connectivity index (χ0) is 20.0. The maximum Gasteiger partial charge on any atom is 0.260 e. The monoisotopic (exact) mass is 389 g/mol. The van der Waals surface area contributed by atoms with Crippen LogP contribution in [0.15, 0.2) is 47.6 Å². The molecule has 1 amide bonds. The van der Waals surface area contributed by atoms with Crippen molar-refractivity contribution in [2.24, 2.45) is 5.10 Å². The molecule has 0 radical (unpaired) electrons. The Morgan fingerprint density at radius 3 is 2.52 bits per heavy atom. The number of methoxy groups -OCH3 is 1. The molecule has 0 saturated heterocycles. The topological polar surface area (TPSA) is 88.1 Å². The fraction of sp³-hybridized carbons (Fsp3) is 0.263. The quantitative estimate of drug-likeness (QED) is 0.581. The number of aryl methyl sites for hydroxylation is 2. The van der Waals surface area contributed by atoms with Crippen molar-refractivity contribution >= 4 is 27.8 Å². The highest BCUT2D eigenvalue weighted by Gasteiger charge is 2.21. The first-order valence-electron chi connectivity index (χ1n) is 8.22. The molecule has 27 heavy (non-hydrogen) atoms. The fourth-order valence-electron chi connectivity index (χ4n) is 2.39. The molecule has 0 aromatic heterocycles. The maximum absolute atomic E-state index is 12.2. The number of sulfonamides is 1. The second-order valence-electron chi connectivity index (χ2n) is 6.07. The van der Waals surface area contributed by atoms with E-state index in [1.807, 2.05) is 32.0 Å². The van der Waals surface area contributed by atoms with Crippen LogP contribution in [0.25, 0.3) is 0 Å². The van der Waals surface area contributed by atoms with Gasteiger partial charge in [-0.2, -0.15) is 5.10 Å². The Bertz CT molecular complexity index is 955. The number of benzene rings is 2. The van der Waals surface area contributed by atoms with Crippen LogP contribution in [0.1, 0.15) is 16.7 Å². The Kier molecular flexibility index (Phi) is 6.57. The number of amides is 1. The van der Waals surface area contributed by atoms with E-state index >= 15 is 0 Å². The zero-order valence-corrected chi connectivity index (χ0v) is 16.6. The minimum Gasteiger partial charge on any atom is -0.496 e. The molecule has 0 spiro atoms. The number of rotatable bonds is 7. The van der Waals surface area contributed by atoms with Gasteiger partial charge in [-0.15, -0.1) is 0 Å². The number of nitrogens with one attached hydrogen (secondary N) is 1. The molecule has 0 atom stereocenters. The lowest BCUT2D eigenvalue weighted by atomic mass is 10.1. The first kappa shape index (κ1) is 20.4. The first-order chi connectivity index (χ1) is 12.7. The first-order valence-corrected chi connectivity index (χ1v) is 10.1. The Balaban J connectivity index is 2.12. The highest BCUT2D eigenvalue weighted by molar-refractivity contribution is 7.92. The van der Waals surface area contributed by atoms with E-state index in [2.05, 4.69) is 10.5 Å². The van der Waals surface area contributed by atoms with Crippen molar-refractivity contribution in [2.75, 3.05) is 24.2 Å². The van der Waals surface area contributed by atoms with Crippen molar-refractivity contribution in [3.8, 4) is 5.75 Å². The molecule has 1 N–H and O–H groups in total. The summed E-state index contributed by atoms with van der Waals surface area (Å²) in [6, 6.07) is 12.4. The van der Waals surface area contributed by atoms with Crippen molar-refractivity contribution in [1.29, 1.82) is 0 Å². The second-order valence-corrected chi connectivity index (χ2v) is 7.98. The van der Waals surface area contributed by atoms with E-state index < -0.39 is 15.9 Å². The van der Waals surface area contributed by atoms with E-state index in [4.69, 9.17) is 4.74 Å². The molecule has 2 aromatic rings. The van der Waals surface area contributed by atoms with Gasteiger partial charge < -0.3 is 4.74 Å². The molecule has 0 aliphatic rings. The van der Waals surface area contributed by atoms with Crippen molar-refractivity contribution in [1.82, 2.24) is 5.43 Å². The van der Waals surface area contributed by atoms with E-state index in [9.17, 15) is 13.2 Å². The third-order valence-corrected chi connectivity index (χ3v) is 5.14. The summed E-state index contributed by atoms with van der Waals surface area (Å²) in [5.74, 6) is 0.0631. The number of carbonyl (C=O) groups is 1. The number of nitrogens with zero attached hydrogens (tertiary/aromatic N) is 2. The summed E-state index contributed by atoms with van der Waals surface area (Å²) in [5, 5.41) is 3.88. The lowest BCUT2D eigenvalue weighted by Gasteiger charge is -2.22. The number of carbonyl (C=O) groups excluding carboxylic acids is 1. The molecule has 0 saturated carbocycles. The van der Waals surface area contributed by atoms with Crippen LogP contribution in [-0.2, 0) is 14.8 Å². The molecule has 144 valence electrons. The van der Waals surface area contributed by atoms with Crippen molar-refractivity contribution in [2.45, 2.75) is 13.8 Å². The highest BCUT2D eigenvalue weighted by Crippen LogP contribution is 2.21. The van der Waals surface area contributed by atoms with Crippen LogP contribution >= 0.6 is 0 Å². The van der Waals surface area contributed by atoms with Gasteiger partial charge in [-0.3, -0.25) is 9.10 Å². The Morgan fingerprint density at radius 2 is 1.89 bits per heavy atom. The smallest absolute Gasteiger partial charge is 0.260 e. The van der Waals surface area contributed by atoms with Crippen LogP contribution < -0.4 is 14.5 Å². The molecular weight excluding hydrogens is 366 g/mol. The van der Waals surface area contributed by atoms with Crippen molar-refractivity contribution < 1.29 is 17.9 Å². The van der Waals surface area contributed by atoms with Crippen LogP contribution in [0.5, 0.6) is 5.75 Å². The minimum absolute atomic E-state index is 0.370. The summed E-state index contributed by atoms with van der Waals surface area (Å²) in [7, 11) is -2.09. The van der Waals surface area contributed by atoms with Crippen molar-refractivity contribution in [3.05, 3.63) is 59.2 Å². The van der Waals surface area contributed by atoms with Gasteiger partial charge in [-0.25, -0.2) is 13.8 Å². The molecular formula is C19H23N3O4S. The second kappa shape index (κ2) is 8.68. The molecule has 0 aliphatic carbocycles. The lowest BCUT2D eigenvalue weighted by molar-refractivity contribution is -0.119. The molecule has 0 unspecified atom stereocenters. The largest absolute Gasteiger partial charge is 0.496 e. The van der Waals surface area contributed by atoms with Gasteiger partial charge in [0.25, 0.3) is 5.91 Å². The van der Waals surface area contributed by atoms with Crippen LogP contribution in [0.2, 0.25) is 0 Å². The minimum atomic E-state index is -3.63. The van der Waals surface area contributed by atoms with Gasteiger partial charge in [-0.05, 0) is 49.2 Å². The molecule has 0 aliphatic heterocycles. The fourth-order valence-corrected chi connectivity index (χ4v) is 3.24. The van der Waals surface area contributed by atoms with Crippen LogP contribution in [0, 0.1) is 13.8 Å². The maximum atomic E-state index is 12.2. The van der Waals surface area contributed by atoms with E-state index in [1.165, 1.54) is 6.21 Å². The summed E-state index contributed by atoms with van der Waals surface area (Å²) in [4.78, 5) is 12.2. The van der Waals surface area contributed by atoms with Crippen LogP contribution in [0.4, 0.5) is 5.69 Å². The van der Waals surface area contributed by atoms with E-state index in [1.54, 1.807) is 31.4 Å². The van der Waals surface area contributed by atoms with Gasteiger partial charge in [0.2, 0.25) is 10.0 Å². The average Bonchev–Trinajstić information content (AvgIpc) is 2.61. The molecule has 8 heteroatoms. The van der Waals surface area contributed by atoms with Gasteiger partial charge >= 0.3 is 0 Å². The molecule has 7 nitrogen and oxygen atoms in total. The number of hydrogen-bond acceptors (Lipinski definition) is 5. The van der Waals surface area contributed by atoms with Gasteiger partial charge in [0.1, 0.15) is 12.3 Å². The predicted octanol–water partition coefficient (Wildman–Crippen LogP) is 2.23. The Labute approximate surface area is 159 Å². The summed E-state index contributed by atoms with van der Waals surface area (Å²) in [5.41, 5.74) is 5.45. The molecule has 0 heterocycles. The van der Waals surface area contributed by atoms with Gasteiger partial charge in [0.05, 0.1) is 25.3 Å². The van der Waals surface area contributed by atoms with E-state index in [-0.39, 0.29) is 6.54 Å². The third kappa shape index (κ3) is 5.55. The van der Waals surface area contributed by atoms with Crippen molar-refractivity contribution in [3.63, 3.8) is 0 Å². The third-order valence-electron chi connectivity index (χ3n) is 4.00. The summed E-state index contributed by atoms with van der Waals surface area (Å²) < 4.78 is 30.5. The van der Waals surface area contributed by atoms with E-state index in [0.29, 0.717) is 17.0 Å². The van der Waals surface area contributed by atoms with Gasteiger partial charge in [0.15, 0.2) is 0 Å². The summed E-state index contributed by atoms with van der Waals surface area (Å²) in [6.45, 7) is 3.45. The predicted molar refractivity (Wildman–Crippen MR) is 107 cm³/mol.